The van der Waals surface area contributed by atoms with Gasteiger partial charge in [-0.05, 0) is 30.5 Å². The third-order valence-corrected chi connectivity index (χ3v) is 2.94. The fourth-order valence-corrected chi connectivity index (χ4v) is 1.82. The van der Waals surface area contributed by atoms with E-state index in [4.69, 9.17) is 5.73 Å². The molecule has 102 valence electrons. The molecule has 0 radical (unpaired) electrons. The molecule has 0 saturated heterocycles. The first-order valence-electron chi connectivity index (χ1n) is 5.93. The van der Waals surface area contributed by atoms with Crippen LogP contribution in [0, 0.1) is 0 Å². The molecule has 1 atom stereocenters. The quantitative estimate of drug-likeness (QED) is 0.470. The van der Waals surface area contributed by atoms with E-state index in [9.17, 15) is 17.6 Å². The zero-order valence-corrected chi connectivity index (χ0v) is 10.2. The molecule has 2 N–H and O–H groups in total. The van der Waals surface area contributed by atoms with Crippen LogP contribution in [-0.2, 0) is 5.67 Å². The van der Waals surface area contributed by atoms with E-state index in [1.165, 1.54) is 12.1 Å². The molecule has 0 bridgehead atoms. The van der Waals surface area contributed by atoms with E-state index in [1.807, 2.05) is 6.92 Å². The Kier molecular flexibility index (Phi) is 4.59. The number of anilines is 1. The first-order chi connectivity index (χ1) is 8.31. The number of hydrogen-bond donors (Lipinski definition) is 1. The summed E-state index contributed by atoms with van der Waals surface area (Å²) in [5.74, 6) is 0. The van der Waals surface area contributed by atoms with Crippen molar-refractivity contribution in [1.29, 1.82) is 0 Å². The summed E-state index contributed by atoms with van der Waals surface area (Å²) in [5.41, 5.74) is 2.06. The zero-order valence-electron chi connectivity index (χ0n) is 10.2. The number of nitrogen functional groups attached to an aromatic ring is 1. The second-order valence-electron chi connectivity index (χ2n) is 4.38. The lowest BCUT2D eigenvalue weighted by Gasteiger charge is -2.28. The number of benzene rings is 1. The lowest BCUT2D eigenvalue weighted by atomic mass is 9.89. The highest BCUT2D eigenvalue weighted by Gasteiger charge is 2.56. The van der Waals surface area contributed by atoms with Crippen LogP contribution in [0.2, 0.25) is 0 Å². The molecule has 0 amide bonds. The lowest BCUT2D eigenvalue weighted by Crippen LogP contribution is -2.38. The van der Waals surface area contributed by atoms with Gasteiger partial charge in [-0.15, -0.1) is 0 Å². The Morgan fingerprint density at radius 1 is 1.00 bits per heavy atom. The molecule has 0 spiro atoms. The van der Waals surface area contributed by atoms with E-state index in [2.05, 4.69) is 0 Å². The van der Waals surface area contributed by atoms with Gasteiger partial charge in [0.2, 0.25) is 5.67 Å². The summed E-state index contributed by atoms with van der Waals surface area (Å²) in [6.07, 6.45) is -3.92. The predicted molar refractivity (Wildman–Crippen MR) is 63.8 cm³/mol. The third-order valence-electron chi connectivity index (χ3n) is 2.94. The summed E-state index contributed by atoms with van der Waals surface area (Å²) in [4.78, 5) is 0. The second-order valence-corrected chi connectivity index (χ2v) is 4.38. The van der Waals surface area contributed by atoms with Gasteiger partial charge in [-0.2, -0.15) is 13.2 Å². The molecule has 0 aliphatic rings. The van der Waals surface area contributed by atoms with E-state index in [1.54, 1.807) is 0 Å². The average molecular weight is 263 g/mol. The largest absolute Gasteiger partial charge is 0.426 e. The fraction of sp³-hybridized carbons (Fsp3) is 0.538. The molecule has 5 heteroatoms. The summed E-state index contributed by atoms with van der Waals surface area (Å²) in [6, 6.07) is 4.79. The second kappa shape index (κ2) is 5.59. The fourth-order valence-electron chi connectivity index (χ4n) is 1.82. The Labute approximate surface area is 104 Å². The maximum absolute atomic E-state index is 14.3. The van der Waals surface area contributed by atoms with E-state index < -0.39 is 18.3 Å². The Bertz CT molecular complexity index is 372. The first kappa shape index (κ1) is 14.8. The van der Waals surface area contributed by atoms with Crippen molar-refractivity contribution < 1.29 is 17.6 Å². The molecule has 1 rings (SSSR count). The summed E-state index contributed by atoms with van der Waals surface area (Å²) in [7, 11) is 0. The normalized spacial score (nSPS) is 15.4. The van der Waals surface area contributed by atoms with Gasteiger partial charge in [0.25, 0.3) is 0 Å². The van der Waals surface area contributed by atoms with Crippen molar-refractivity contribution in [2.75, 3.05) is 5.73 Å². The van der Waals surface area contributed by atoms with Gasteiger partial charge in [0, 0.05) is 5.69 Å². The van der Waals surface area contributed by atoms with Crippen LogP contribution in [0.5, 0.6) is 0 Å². The molecule has 1 unspecified atom stereocenters. The van der Waals surface area contributed by atoms with Crippen LogP contribution in [0.25, 0.3) is 0 Å². The Morgan fingerprint density at radius 3 is 2.00 bits per heavy atom. The molecular formula is C13H17F4N. The number of rotatable bonds is 5. The van der Waals surface area contributed by atoms with Crippen LogP contribution in [0.15, 0.2) is 24.3 Å². The van der Waals surface area contributed by atoms with E-state index in [0.717, 1.165) is 18.6 Å². The van der Waals surface area contributed by atoms with Gasteiger partial charge in [0.05, 0.1) is 0 Å². The molecule has 0 saturated carbocycles. The number of alkyl halides is 4. The SMILES string of the molecule is CCCCCC(F)(c1ccc(N)cc1)C(F)(F)F. The van der Waals surface area contributed by atoms with Crippen LogP contribution in [0.1, 0.15) is 38.2 Å². The van der Waals surface area contributed by atoms with Crippen molar-refractivity contribution in [3.63, 3.8) is 0 Å². The first-order valence-corrected chi connectivity index (χ1v) is 5.93. The molecule has 0 aliphatic heterocycles. The zero-order chi connectivity index (χ0) is 13.8. The monoisotopic (exact) mass is 263 g/mol. The number of halogens is 4. The molecule has 0 aliphatic carbocycles. The molecule has 1 aromatic rings. The highest BCUT2D eigenvalue weighted by Crippen LogP contribution is 2.46. The Balaban J connectivity index is 3.00. The van der Waals surface area contributed by atoms with E-state index >= 15 is 0 Å². The van der Waals surface area contributed by atoms with Gasteiger partial charge in [0.1, 0.15) is 0 Å². The smallest absolute Gasteiger partial charge is 0.399 e. The van der Waals surface area contributed by atoms with Gasteiger partial charge in [0.15, 0.2) is 0 Å². The minimum Gasteiger partial charge on any atom is -0.399 e. The maximum Gasteiger partial charge on any atom is 0.426 e. The van der Waals surface area contributed by atoms with Gasteiger partial charge in [-0.3, -0.25) is 0 Å². The molecule has 1 aromatic carbocycles. The van der Waals surface area contributed by atoms with Gasteiger partial charge < -0.3 is 5.73 Å². The van der Waals surface area contributed by atoms with Crippen molar-refractivity contribution in [3.05, 3.63) is 29.8 Å². The molecular weight excluding hydrogens is 246 g/mol. The summed E-state index contributed by atoms with van der Waals surface area (Å²) < 4.78 is 53.1. The van der Waals surface area contributed by atoms with E-state index in [-0.39, 0.29) is 12.0 Å². The number of unbranched alkanes of at least 4 members (excludes halogenated alkanes) is 2. The van der Waals surface area contributed by atoms with Crippen molar-refractivity contribution in [2.24, 2.45) is 0 Å². The van der Waals surface area contributed by atoms with Crippen LogP contribution in [0.4, 0.5) is 23.2 Å². The third kappa shape index (κ3) is 3.15. The standard InChI is InChI=1S/C13H17F4N/c1-2-3-4-9-12(14,13(15,16)17)10-5-7-11(18)8-6-10/h5-8H,2-4,9,18H2,1H3. The van der Waals surface area contributed by atoms with Crippen molar-refractivity contribution in [1.82, 2.24) is 0 Å². The molecule has 1 nitrogen and oxygen atoms in total. The van der Waals surface area contributed by atoms with E-state index in [0.29, 0.717) is 12.1 Å². The summed E-state index contributed by atoms with van der Waals surface area (Å²) in [5, 5.41) is 0. The van der Waals surface area contributed by atoms with Gasteiger partial charge in [-0.1, -0.05) is 31.9 Å². The minimum atomic E-state index is -4.91. The molecule has 0 heterocycles. The van der Waals surface area contributed by atoms with Gasteiger partial charge >= 0.3 is 6.18 Å². The lowest BCUT2D eigenvalue weighted by molar-refractivity contribution is -0.238. The summed E-state index contributed by atoms with van der Waals surface area (Å²) >= 11 is 0. The van der Waals surface area contributed by atoms with Crippen molar-refractivity contribution >= 4 is 5.69 Å². The number of nitrogens with two attached hydrogens (primary N) is 1. The van der Waals surface area contributed by atoms with Crippen LogP contribution in [0.3, 0.4) is 0 Å². The highest BCUT2D eigenvalue weighted by atomic mass is 19.4. The molecule has 0 fully saturated rings. The topological polar surface area (TPSA) is 26.0 Å². The average Bonchev–Trinajstić information content (AvgIpc) is 2.28. The van der Waals surface area contributed by atoms with Crippen LogP contribution < -0.4 is 5.73 Å². The van der Waals surface area contributed by atoms with Crippen molar-refractivity contribution in [2.45, 2.75) is 44.5 Å². The van der Waals surface area contributed by atoms with Crippen molar-refractivity contribution in [3.8, 4) is 0 Å². The summed E-state index contributed by atoms with van der Waals surface area (Å²) in [6.45, 7) is 1.86. The highest BCUT2D eigenvalue weighted by molar-refractivity contribution is 5.41. The minimum absolute atomic E-state index is 0.205. The van der Waals surface area contributed by atoms with Crippen LogP contribution in [-0.4, -0.2) is 6.18 Å². The Hall–Kier alpha value is -1.26. The van der Waals surface area contributed by atoms with Gasteiger partial charge in [-0.25, -0.2) is 4.39 Å². The maximum atomic E-state index is 14.3. The van der Waals surface area contributed by atoms with Crippen LogP contribution >= 0.6 is 0 Å². The Morgan fingerprint density at radius 2 is 1.56 bits per heavy atom. The molecule has 0 aromatic heterocycles. The number of hydrogen-bond acceptors (Lipinski definition) is 1. The predicted octanol–water partition coefficient (Wildman–Crippen LogP) is 4.58. The molecule has 18 heavy (non-hydrogen) atoms.